The van der Waals surface area contributed by atoms with E-state index in [2.05, 4.69) is 51.8 Å². The maximum absolute atomic E-state index is 6.22. The number of hydrogen-bond acceptors (Lipinski definition) is 5. The molecule has 0 amide bonds. The van der Waals surface area contributed by atoms with Crippen molar-refractivity contribution < 1.29 is 0 Å². The third-order valence-electron chi connectivity index (χ3n) is 5.39. The first kappa shape index (κ1) is 16.8. The molecule has 1 aromatic carbocycles. The van der Waals surface area contributed by atoms with Crippen molar-refractivity contribution in [2.75, 3.05) is 36.8 Å². The van der Waals surface area contributed by atoms with E-state index < -0.39 is 0 Å². The van der Waals surface area contributed by atoms with Gasteiger partial charge >= 0.3 is 0 Å². The van der Waals surface area contributed by atoms with Gasteiger partial charge in [-0.05, 0) is 55.3 Å². The normalized spacial score (nSPS) is 16.8. The number of anilines is 2. The third kappa shape index (κ3) is 3.10. The van der Waals surface area contributed by atoms with Gasteiger partial charge in [0.1, 0.15) is 5.82 Å². The molecular formula is C21H25N5. The molecule has 0 bridgehead atoms. The molecule has 0 radical (unpaired) electrons. The first-order valence-corrected chi connectivity index (χ1v) is 9.17. The Labute approximate surface area is 154 Å². The molecule has 2 aromatic heterocycles. The fourth-order valence-electron chi connectivity index (χ4n) is 3.87. The summed E-state index contributed by atoms with van der Waals surface area (Å²) in [6.45, 7) is 8.32. The average Bonchev–Trinajstić information content (AvgIpc) is 2.68. The van der Waals surface area contributed by atoms with Gasteiger partial charge in [0, 0.05) is 67.3 Å². The van der Waals surface area contributed by atoms with Gasteiger partial charge in [0.05, 0.1) is 0 Å². The lowest BCUT2D eigenvalue weighted by molar-refractivity contribution is 0.198. The molecule has 5 nitrogen and oxygen atoms in total. The number of rotatable bonds is 3. The number of aromatic nitrogens is 2. The smallest absolute Gasteiger partial charge is 0.136 e. The summed E-state index contributed by atoms with van der Waals surface area (Å²) < 4.78 is 0. The van der Waals surface area contributed by atoms with E-state index in [1.807, 2.05) is 30.7 Å². The molecule has 3 aromatic rings. The van der Waals surface area contributed by atoms with Crippen LogP contribution < -0.4 is 10.6 Å². The molecule has 0 aliphatic carbocycles. The van der Waals surface area contributed by atoms with Crippen molar-refractivity contribution in [3.8, 4) is 0 Å². The highest BCUT2D eigenvalue weighted by molar-refractivity contribution is 6.00. The highest BCUT2D eigenvalue weighted by atomic mass is 15.3. The Kier molecular flexibility index (Phi) is 4.47. The van der Waals surface area contributed by atoms with Crippen LogP contribution in [0.3, 0.4) is 0 Å². The second kappa shape index (κ2) is 6.92. The Morgan fingerprint density at radius 1 is 0.962 bits per heavy atom. The molecule has 0 saturated carbocycles. The molecule has 4 rings (SSSR count). The van der Waals surface area contributed by atoms with Crippen LogP contribution in [0.4, 0.5) is 11.5 Å². The number of benzene rings is 1. The first-order valence-electron chi connectivity index (χ1n) is 9.17. The van der Waals surface area contributed by atoms with Crippen LogP contribution in [-0.2, 0) is 0 Å². The summed E-state index contributed by atoms with van der Waals surface area (Å²) in [6, 6.07) is 10.8. The summed E-state index contributed by atoms with van der Waals surface area (Å²) in [4.78, 5) is 13.7. The zero-order valence-corrected chi connectivity index (χ0v) is 15.4. The fourth-order valence-corrected chi connectivity index (χ4v) is 3.87. The fraction of sp³-hybridized carbons (Fsp3) is 0.333. The minimum Gasteiger partial charge on any atom is -0.398 e. The van der Waals surface area contributed by atoms with E-state index in [0.29, 0.717) is 6.04 Å². The van der Waals surface area contributed by atoms with E-state index in [1.54, 1.807) is 0 Å². The molecule has 1 unspecified atom stereocenters. The van der Waals surface area contributed by atoms with Crippen molar-refractivity contribution in [2.45, 2.75) is 19.9 Å². The number of nitrogens with two attached hydrogens (primary N) is 1. The lowest BCUT2D eigenvalue weighted by Gasteiger charge is -2.39. The van der Waals surface area contributed by atoms with Gasteiger partial charge in [0.2, 0.25) is 0 Å². The Bertz CT molecular complexity index is 901. The van der Waals surface area contributed by atoms with Crippen LogP contribution in [-0.4, -0.2) is 41.0 Å². The van der Waals surface area contributed by atoms with E-state index in [0.717, 1.165) is 48.5 Å². The van der Waals surface area contributed by atoms with Gasteiger partial charge in [-0.1, -0.05) is 0 Å². The lowest BCUT2D eigenvalue weighted by Crippen LogP contribution is -2.47. The molecule has 26 heavy (non-hydrogen) atoms. The number of piperazine rings is 1. The molecule has 1 fully saturated rings. The van der Waals surface area contributed by atoms with Gasteiger partial charge in [-0.25, -0.2) is 4.98 Å². The summed E-state index contributed by atoms with van der Waals surface area (Å²) in [5.74, 6) is 1.05. The number of nitrogens with zero attached hydrogens (tertiary/aromatic N) is 4. The summed E-state index contributed by atoms with van der Waals surface area (Å²) in [6.07, 6.45) is 5.61. The van der Waals surface area contributed by atoms with E-state index >= 15 is 0 Å². The van der Waals surface area contributed by atoms with E-state index in [-0.39, 0.29) is 0 Å². The van der Waals surface area contributed by atoms with Crippen molar-refractivity contribution in [1.82, 2.24) is 14.9 Å². The highest BCUT2D eigenvalue weighted by Crippen LogP contribution is 2.31. The largest absolute Gasteiger partial charge is 0.398 e. The first-order chi connectivity index (χ1) is 12.6. The lowest BCUT2D eigenvalue weighted by atomic mass is 10.1. The zero-order chi connectivity index (χ0) is 18.1. The van der Waals surface area contributed by atoms with Crippen molar-refractivity contribution in [2.24, 2.45) is 0 Å². The van der Waals surface area contributed by atoms with Gasteiger partial charge in [-0.15, -0.1) is 0 Å². The van der Waals surface area contributed by atoms with Gasteiger partial charge in [0.15, 0.2) is 0 Å². The van der Waals surface area contributed by atoms with Crippen LogP contribution >= 0.6 is 0 Å². The Balaban J connectivity index is 1.55. The second-order valence-corrected chi connectivity index (χ2v) is 7.06. The molecule has 1 aliphatic rings. The highest BCUT2D eigenvalue weighted by Gasteiger charge is 2.23. The quantitative estimate of drug-likeness (QED) is 0.736. The van der Waals surface area contributed by atoms with Crippen LogP contribution in [0.15, 0.2) is 48.9 Å². The zero-order valence-electron chi connectivity index (χ0n) is 15.4. The third-order valence-corrected chi connectivity index (χ3v) is 5.39. The number of nitrogen functional groups attached to an aromatic ring is 1. The Hall–Kier alpha value is -2.66. The van der Waals surface area contributed by atoms with Crippen molar-refractivity contribution in [3.05, 3.63) is 60.0 Å². The minimum absolute atomic E-state index is 0.401. The predicted molar refractivity (Wildman–Crippen MR) is 107 cm³/mol. The summed E-state index contributed by atoms with van der Waals surface area (Å²) in [7, 11) is 0. The second-order valence-electron chi connectivity index (χ2n) is 7.06. The Morgan fingerprint density at radius 3 is 2.42 bits per heavy atom. The number of fused-ring (bicyclic) bond motifs is 1. The van der Waals surface area contributed by atoms with Gasteiger partial charge < -0.3 is 10.6 Å². The molecular weight excluding hydrogens is 322 g/mol. The number of aryl methyl sites for hydroxylation is 1. The van der Waals surface area contributed by atoms with Gasteiger partial charge in [0.25, 0.3) is 0 Å². The maximum Gasteiger partial charge on any atom is 0.136 e. The topological polar surface area (TPSA) is 58.3 Å². The SMILES string of the molecule is Cc1cc(N)c2ccnc(N3CCN(C(C)c4ccncc4)CC3)c2c1. The van der Waals surface area contributed by atoms with Crippen molar-refractivity contribution in [1.29, 1.82) is 0 Å². The van der Waals surface area contributed by atoms with Crippen molar-refractivity contribution in [3.63, 3.8) is 0 Å². The standard InChI is InChI=1S/C21H25N5/c1-15-13-19-18(20(22)14-15)5-8-24-21(19)26-11-9-25(10-12-26)16(2)17-3-6-23-7-4-17/h3-8,13-14,16H,9-12,22H2,1-2H3. The molecule has 0 spiro atoms. The number of pyridine rings is 2. The maximum atomic E-state index is 6.22. The Morgan fingerprint density at radius 2 is 1.69 bits per heavy atom. The molecule has 1 aliphatic heterocycles. The van der Waals surface area contributed by atoms with E-state index in [9.17, 15) is 0 Å². The summed E-state index contributed by atoms with van der Waals surface area (Å²) in [5, 5.41) is 2.24. The minimum atomic E-state index is 0.401. The molecule has 5 heteroatoms. The predicted octanol–water partition coefficient (Wildman–Crippen LogP) is 3.40. The number of hydrogen-bond donors (Lipinski definition) is 1. The van der Waals surface area contributed by atoms with Crippen molar-refractivity contribution >= 4 is 22.3 Å². The summed E-state index contributed by atoms with van der Waals surface area (Å²) >= 11 is 0. The van der Waals surface area contributed by atoms with Crippen LogP contribution in [0.5, 0.6) is 0 Å². The molecule has 1 saturated heterocycles. The van der Waals surface area contributed by atoms with E-state index in [4.69, 9.17) is 5.73 Å². The van der Waals surface area contributed by atoms with Gasteiger partial charge in [-0.3, -0.25) is 9.88 Å². The molecule has 1 atom stereocenters. The molecule has 2 N–H and O–H groups in total. The molecule has 134 valence electrons. The van der Waals surface area contributed by atoms with E-state index in [1.165, 1.54) is 11.1 Å². The van der Waals surface area contributed by atoms with Gasteiger partial charge in [-0.2, -0.15) is 0 Å². The monoisotopic (exact) mass is 347 g/mol. The summed E-state index contributed by atoms with van der Waals surface area (Å²) in [5.41, 5.74) is 9.54. The average molecular weight is 347 g/mol. The van der Waals surface area contributed by atoms with Crippen LogP contribution in [0.25, 0.3) is 10.8 Å². The van der Waals surface area contributed by atoms with Crippen LogP contribution in [0.2, 0.25) is 0 Å². The van der Waals surface area contributed by atoms with Crippen LogP contribution in [0, 0.1) is 6.92 Å². The van der Waals surface area contributed by atoms with Crippen LogP contribution in [0.1, 0.15) is 24.1 Å². The molecule has 3 heterocycles.